The third kappa shape index (κ3) is 5.99. The van der Waals surface area contributed by atoms with Gasteiger partial charge in [0.15, 0.2) is 0 Å². The fraction of sp³-hybridized carbons (Fsp3) is 1.00. The van der Waals surface area contributed by atoms with E-state index in [2.05, 4.69) is 23.9 Å². The van der Waals surface area contributed by atoms with Gasteiger partial charge in [0.25, 0.3) is 10.2 Å². The van der Waals surface area contributed by atoms with E-state index in [9.17, 15) is 8.42 Å². The third-order valence-electron chi connectivity index (χ3n) is 3.43. The molecule has 7 heteroatoms. The molecule has 1 rings (SSSR count). The first-order chi connectivity index (χ1) is 8.81. The van der Waals surface area contributed by atoms with Crippen molar-refractivity contribution in [1.82, 2.24) is 14.3 Å². The lowest BCUT2D eigenvalue weighted by atomic mass is 10.3. The number of thioether (sulfide) groups is 1. The van der Waals surface area contributed by atoms with Crippen molar-refractivity contribution >= 4 is 22.0 Å². The molecule has 0 aromatic rings. The van der Waals surface area contributed by atoms with Crippen LogP contribution in [0.25, 0.3) is 0 Å². The van der Waals surface area contributed by atoms with E-state index in [0.717, 1.165) is 25.8 Å². The highest BCUT2D eigenvalue weighted by Crippen LogP contribution is 2.46. The molecule has 1 fully saturated rings. The Hall–Kier alpha value is 0.180. The van der Waals surface area contributed by atoms with Gasteiger partial charge in [0.2, 0.25) is 0 Å². The minimum Gasteiger partial charge on any atom is -0.314 e. The average Bonchev–Trinajstić information content (AvgIpc) is 3.12. The first-order valence-corrected chi connectivity index (χ1v) is 9.47. The van der Waals surface area contributed by atoms with Crippen LogP contribution in [0.5, 0.6) is 0 Å². The molecule has 1 aliphatic rings. The lowest BCUT2D eigenvalue weighted by Crippen LogP contribution is -2.42. The molecule has 0 aliphatic heterocycles. The van der Waals surface area contributed by atoms with E-state index in [1.807, 2.05) is 6.26 Å². The van der Waals surface area contributed by atoms with Crippen molar-refractivity contribution in [2.45, 2.75) is 43.9 Å². The molecule has 0 unspecified atom stereocenters. The lowest BCUT2D eigenvalue weighted by Gasteiger charge is -2.20. The van der Waals surface area contributed by atoms with Gasteiger partial charge in [0, 0.05) is 30.9 Å². The average molecular weight is 310 g/mol. The first kappa shape index (κ1) is 17.2. The monoisotopic (exact) mass is 309 g/mol. The van der Waals surface area contributed by atoms with Crippen LogP contribution in [0, 0.1) is 0 Å². The van der Waals surface area contributed by atoms with Crippen LogP contribution in [0.3, 0.4) is 0 Å². The standard InChI is InChI=1S/C12H27N3O2S2/c1-11(2)13-8-5-9-15(3)19(16,17)14-10-12(18-4)6-7-12/h11,13-14H,5-10H2,1-4H3. The highest BCUT2D eigenvalue weighted by molar-refractivity contribution is 8.00. The van der Waals surface area contributed by atoms with E-state index in [0.29, 0.717) is 19.1 Å². The maximum atomic E-state index is 12.0. The fourth-order valence-electron chi connectivity index (χ4n) is 1.74. The molecule has 0 amide bonds. The predicted molar refractivity (Wildman–Crippen MR) is 82.8 cm³/mol. The molecule has 1 saturated carbocycles. The van der Waals surface area contributed by atoms with Crippen LogP contribution in [0.15, 0.2) is 0 Å². The summed E-state index contributed by atoms with van der Waals surface area (Å²) < 4.78 is 28.4. The Bertz CT molecular complexity index is 367. The number of hydrogen-bond donors (Lipinski definition) is 2. The van der Waals surface area contributed by atoms with E-state index in [1.54, 1.807) is 18.8 Å². The van der Waals surface area contributed by atoms with Crippen molar-refractivity contribution in [2.75, 3.05) is 32.9 Å². The molecule has 114 valence electrons. The summed E-state index contributed by atoms with van der Waals surface area (Å²) in [6.07, 6.45) is 5.09. The van der Waals surface area contributed by atoms with Gasteiger partial charge in [-0.1, -0.05) is 13.8 Å². The maximum absolute atomic E-state index is 12.0. The Morgan fingerprint density at radius 3 is 2.47 bits per heavy atom. The highest BCUT2D eigenvalue weighted by Gasteiger charge is 2.42. The summed E-state index contributed by atoms with van der Waals surface area (Å²) in [5, 5.41) is 3.28. The third-order valence-corrected chi connectivity index (χ3v) is 6.36. The van der Waals surface area contributed by atoms with Crippen molar-refractivity contribution in [3.05, 3.63) is 0 Å². The van der Waals surface area contributed by atoms with E-state index in [-0.39, 0.29) is 4.75 Å². The molecule has 0 heterocycles. The summed E-state index contributed by atoms with van der Waals surface area (Å²) >= 11 is 1.76. The van der Waals surface area contributed by atoms with E-state index < -0.39 is 10.2 Å². The highest BCUT2D eigenvalue weighted by atomic mass is 32.2. The minimum absolute atomic E-state index is 0.160. The summed E-state index contributed by atoms with van der Waals surface area (Å²) in [6.45, 7) is 6.09. The molecule has 2 N–H and O–H groups in total. The molecule has 0 aromatic heterocycles. The van der Waals surface area contributed by atoms with Gasteiger partial charge in [-0.25, -0.2) is 4.72 Å². The second kappa shape index (κ2) is 7.26. The Morgan fingerprint density at radius 1 is 1.37 bits per heavy atom. The van der Waals surface area contributed by atoms with Crippen LogP contribution < -0.4 is 10.0 Å². The van der Waals surface area contributed by atoms with Crippen LogP contribution in [-0.4, -0.2) is 56.4 Å². The zero-order valence-corrected chi connectivity index (χ0v) is 14.0. The molecule has 1 aliphatic carbocycles. The molecule has 0 saturated heterocycles. The van der Waals surface area contributed by atoms with Gasteiger partial charge in [-0.3, -0.25) is 0 Å². The zero-order valence-electron chi connectivity index (χ0n) is 12.4. The van der Waals surface area contributed by atoms with Crippen molar-refractivity contribution in [3.8, 4) is 0 Å². The summed E-state index contributed by atoms with van der Waals surface area (Å²) in [5.74, 6) is 0. The number of nitrogens with zero attached hydrogens (tertiary/aromatic N) is 1. The van der Waals surface area contributed by atoms with E-state index in [1.165, 1.54) is 4.31 Å². The molecule has 0 radical (unpaired) electrons. The minimum atomic E-state index is -3.32. The Kier molecular flexibility index (Phi) is 6.59. The van der Waals surface area contributed by atoms with Crippen molar-refractivity contribution < 1.29 is 8.42 Å². The second-order valence-corrected chi connectivity index (χ2v) is 8.63. The number of nitrogens with one attached hydrogen (secondary N) is 2. The zero-order chi connectivity index (χ0) is 14.5. The van der Waals surface area contributed by atoms with E-state index >= 15 is 0 Å². The van der Waals surface area contributed by atoms with Crippen molar-refractivity contribution in [3.63, 3.8) is 0 Å². The molecule has 0 bridgehead atoms. The molecule has 19 heavy (non-hydrogen) atoms. The van der Waals surface area contributed by atoms with Crippen molar-refractivity contribution in [2.24, 2.45) is 0 Å². The summed E-state index contributed by atoms with van der Waals surface area (Å²) in [4.78, 5) is 0. The second-order valence-electron chi connectivity index (χ2n) is 5.50. The topological polar surface area (TPSA) is 61.4 Å². The predicted octanol–water partition coefficient (Wildman–Crippen LogP) is 1.04. The number of hydrogen-bond acceptors (Lipinski definition) is 4. The maximum Gasteiger partial charge on any atom is 0.279 e. The van der Waals surface area contributed by atoms with E-state index in [4.69, 9.17) is 0 Å². The Labute approximate surface area is 122 Å². The van der Waals surface area contributed by atoms with Gasteiger partial charge in [-0.05, 0) is 32.1 Å². The number of rotatable bonds is 10. The molecule has 5 nitrogen and oxygen atoms in total. The van der Waals surface area contributed by atoms with Crippen molar-refractivity contribution in [1.29, 1.82) is 0 Å². The smallest absolute Gasteiger partial charge is 0.279 e. The van der Waals surface area contributed by atoms with Crippen LogP contribution in [0.2, 0.25) is 0 Å². The van der Waals surface area contributed by atoms with Gasteiger partial charge < -0.3 is 5.32 Å². The normalized spacial score (nSPS) is 18.2. The van der Waals surface area contributed by atoms with Gasteiger partial charge >= 0.3 is 0 Å². The molecule has 0 atom stereocenters. The van der Waals surface area contributed by atoms with Crippen LogP contribution in [0.1, 0.15) is 33.1 Å². The Morgan fingerprint density at radius 2 is 2.00 bits per heavy atom. The summed E-state index contributed by atoms with van der Waals surface area (Å²) in [5.41, 5.74) is 0. The van der Waals surface area contributed by atoms with Gasteiger partial charge in [-0.2, -0.15) is 24.5 Å². The summed E-state index contributed by atoms with van der Waals surface area (Å²) in [7, 11) is -1.69. The quantitative estimate of drug-likeness (QED) is 0.592. The SMILES string of the molecule is CSC1(CNS(=O)(=O)N(C)CCCNC(C)C)CC1. The lowest BCUT2D eigenvalue weighted by molar-refractivity contribution is 0.439. The van der Waals surface area contributed by atoms with Crippen LogP contribution in [-0.2, 0) is 10.2 Å². The first-order valence-electron chi connectivity index (χ1n) is 6.81. The van der Waals surface area contributed by atoms with Crippen LogP contribution >= 0.6 is 11.8 Å². The Balaban J connectivity index is 2.27. The summed E-state index contributed by atoms with van der Waals surface area (Å²) in [6, 6.07) is 0.441. The molecule has 0 aromatic carbocycles. The molecular weight excluding hydrogens is 282 g/mol. The van der Waals surface area contributed by atoms with Crippen LogP contribution in [0.4, 0.5) is 0 Å². The van der Waals surface area contributed by atoms with Gasteiger partial charge in [0.05, 0.1) is 0 Å². The largest absolute Gasteiger partial charge is 0.314 e. The fourth-order valence-corrected chi connectivity index (χ4v) is 3.60. The van der Waals surface area contributed by atoms with Gasteiger partial charge in [0.1, 0.15) is 0 Å². The molecular formula is C12H27N3O2S2. The van der Waals surface area contributed by atoms with Gasteiger partial charge in [-0.15, -0.1) is 0 Å². The molecule has 0 spiro atoms.